The van der Waals surface area contributed by atoms with Crippen molar-refractivity contribution < 1.29 is 4.42 Å². The molecule has 18 heavy (non-hydrogen) atoms. The molecule has 1 aromatic heterocycles. The lowest BCUT2D eigenvalue weighted by Gasteiger charge is -2.39. The molecular weight excluding hydrogens is 224 g/mol. The third-order valence-corrected chi connectivity index (χ3v) is 4.33. The molecule has 1 aliphatic rings. The number of rotatable bonds is 4. The van der Waals surface area contributed by atoms with E-state index in [1.807, 2.05) is 12.1 Å². The molecule has 3 nitrogen and oxygen atoms in total. The summed E-state index contributed by atoms with van der Waals surface area (Å²) in [5.74, 6) is 1.87. The Morgan fingerprint density at radius 3 is 2.50 bits per heavy atom. The van der Waals surface area contributed by atoms with Crippen LogP contribution in [0, 0.1) is 5.92 Å². The molecule has 1 saturated carbocycles. The van der Waals surface area contributed by atoms with E-state index in [0.29, 0.717) is 6.04 Å². The number of hydrogen-bond acceptors (Lipinski definition) is 3. The fourth-order valence-electron chi connectivity index (χ4n) is 3.17. The van der Waals surface area contributed by atoms with Gasteiger partial charge in [0.05, 0.1) is 12.3 Å². The highest BCUT2D eigenvalue weighted by Crippen LogP contribution is 2.32. The van der Waals surface area contributed by atoms with Crippen LogP contribution in [0.4, 0.5) is 0 Å². The normalized spacial score (nSPS) is 28.3. The van der Waals surface area contributed by atoms with Crippen molar-refractivity contribution in [3.05, 3.63) is 24.2 Å². The number of furan rings is 1. The van der Waals surface area contributed by atoms with Gasteiger partial charge >= 0.3 is 0 Å². The van der Waals surface area contributed by atoms with E-state index in [1.165, 1.54) is 25.7 Å². The Labute approximate surface area is 110 Å². The average Bonchev–Trinajstić information content (AvgIpc) is 2.83. The zero-order chi connectivity index (χ0) is 13.1. The molecule has 0 aliphatic heterocycles. The van der Waals surface area contributed by atoms with Gasteiger partial charge < -0.3 is 10.2 Å². The van der Waals surface area contributed by atoms with Gasteiger partial charge in [-0.1, -0.05) is 6.92 Å². The Balaban J connectivity index is 2.07. The fraction of sp³-hybridized carbons (Fsp3) is 0.733. The smallest absolute Gasteiger partial charge is 0.122 e. The Kier molecular flexibility index (Phi) is 4.46. The van der Waals surface area contributed by atoms with Crippen LogP contribution in [0.25, 0.3) is 0 Å². The number of likely N-dealkylation sites (N-methyl/N-ethyl adjacent to an activating group) is 1. The third-order valence-electron chi connectivity index (χ3n) is 4.33. The molecule has 0 bridgehead atoms. The maximum absolute atomic E-state index is 6.16. The van der Waals surface area contributed by atoms with Crippen LogP contribution >= 0.6 is 0 Å². The number of nitrogens with zero attached hydrogens (tertiary/aromatic N) is 1. The van der Waals surface area contributed by atoms with Crippen LogP contribution in [-0.2, 0) is 0 Å². The first-order valence-electron chi connectivity index (χ1n) is 7.10. The molecule has 2 atom stereocenters. The second-order valence-electron chi connectivity index (χ2n) is 5.90. The van der Waals surface area contributed by atoms with E-state index < -0.39 is 0 Å². The van der Waals surface area contributed by atoms with Crippen molar-refractivity contribution in [2.24, 2.45) is 11.7 Å². The molecule has 0 saturated heterocycles. The summed E-state index contributed by atoms with van der Waals surface area (Å²) < 4.78 is 5.57. The SMILES string of the molecule is CC1CCC(N(C)C(c2ccco2)C(C)N)CC1. The maximum Gasteiger partial charge on any atom is 0.122 e. The molecule has 1 fully saturated rings. The predicted molar refractivity (Wildman–Crippen MR) is 74.3 cm³/mol. The highest BCUT2D eigenvalue weighted by atomic mass is 16.3. The lowest BCUT2D eigenvalue weighted by molar-refractivity contribution is 0.0981. The van der Waals surface area contributed by atoms with E-state index in [1.54, 1.807) is 6.26 Å². The molecule has 1 aromatic rings. The van der Waals surface area contributed by atoms with Crippen LogP contribution in [0.5, 0.6) is 0 Å². The molecule has 3 heteroatoms. The van der Waals surface area contributed by atoms with Crippen molar-refractivity contribution in [3.8, 4) is 0 Å². The van der Waals surface area contributed by atoms with Gasteiger partial charge in [0.2, 0.25) is 0 Å². The minimum atomic E-state index is 0.0838. The van der Waals surface area contributed by atoms with Crippen LogP contribution in [0.3, 0.4) is 0 Å². The van der Waals surface area contributed by atoms with Crippen LogP contribution in [0.1, 0.15) is 51.3 Å². The van der Waals surface area contributed by atoms with Gasteiger partial charge in [0, 0.05) is 12.1 Å². The highest BCUT2D eigenvalue weighted by molar-refractivity contribution is 5.07. The molecule has 0 aromatic carbocycles. The van der Waals surface area contributed by atoms with Crippen LogP contribution in [-0.4, -0.2) is 24.0 Å². The second-order valence-corrected chi connectivity index (χ2v) is 5.90. The van der Waals surface area contributed by atoms with Crippen molar-refractivity contribution in [1.82, 2.24) is 4.90 Å². The van der Waals surface area contributed by atoms with E-state index in [0.717, 1.165) is 11.7 Å². The lowest BCUT2D eigenvalue weighted by Crippen LogP contribution is -2.44. The lowest BCUT2D eigenvalue weighted by atomic mass is 9.85. The first-order valence-corrected chi connectivity index (χ1v) is 7.10. The first-order chi connectivity index (χ1) is 8.59. The van der Waals surface area contributed by atoms with Crippen molar-refractivity contribution in [2.45, 2.75) is 57.7 Å². The Bertz CT molecular complexity index is 339. The number of hydrogen-bond donors (Lipinski definition) is 1. The van der Waals surface area contributed by atoms with Gasteiger partial charge in [-0.15, -0.1) is 0 Å². The van der Waals surface area contributed by atoms with Crippen molar-refractivity contribution in [2.75, 3.05) is 7.05 Å². The summed E-state index contributed by atoms with van der Waals surface area (Å²) in [7, 11) is 2.19. The van der Waals surface area contributed by atoms with E-state index >= 15 is 0 Å². The van der Waals surface area contributed by atoms with Crippen LogP contribution in [0.15, 0.2) is 22.8 Å². The molecular formula is C15H26N2O. The number of nitrogens with two attached hydrogens (primary N) is 1. The first kappa shape index (κ1) is 13.6. The Hall–Kier alpha value is -0.800. The Morgan fingerprint density at radius 1 is 1.33 bits per heavy atom. The van der Waals surface area contributed by atoms with E-state index in [2.05, 4.69) is 25.8 Å². The maximum atomic E-state index is 6.16. The summed E-state index contributed by atoms with van der Waals surface area (Å²) in [5, 5.41) is 0. The van der Waals surface area contributed by atoms with E-state index in [9.17, 15) is 0 Å². The zero-order valence-electron chi connectivity index (χ0n) is 11.8. The second kappa shape index (κ2) is 5.89. The summed E-state index contributed by atoms with van der Waals surface area (Å²) in [6, 6.07) is 4.90. The molecule has 0 amide bonds. The molecule has 1 aliphatic carbocycles. The standard InChI is InChI=1S/C15H26N2O/c1-11-6-8-13(9-7-11)17(3)15(12(2)16)14-5-4-10-18-14/h4-5,10-13,15H,6-9,16H2,1-3H3. The molecule has 2 unspecified atom stereocenters. The van der Waals surface area contributed by atoms with E-state index in [4.69, 9.17) is 10.2 Å². The quantitative estimate of drug-likeness (QED) is 0.892. The van der Waals surface area contributed by atoms with Gasteiger partial charge in [0.1, 0.15) is 5.76 Å². The van der Waals surface area contributed by atoms with Crippen molar-refractivity contribution in [3.63, 3.8) is 0 Å². The Morgan fingerprint density at radius 2 is 2.00 bits per heavy atom. The fourth-order valence-corrected chi connectivity index (χ4v) is 3.17. The summed E-state index contributed by atoms with van der Waals surface area (Å²) in [6.07, 6.45) is 6.96. The molecule has 102 valence electrons. The van der Waals surface area contributed by atoms with Crippen molar-refractivity contribution >= 4 is 0 Å². The van der Waals surface area contributed by atoms with Gasteiger partial charge in [0.25, 0.3) is 0 Å². The summed E-state index contributed by atoms with van der Waals surface area (Å²) in [4.78, 5) is 2.43. The summed E-state index contributed by atoms with van der Waals surface area (Å²) in [6.45, 7) is 4.42. The zero-order valence-corrected chi connectivity index (χ0v) is 11.8. The average molecular weight is 250 g/mol. The van der Waals surface area contributed by atoms with Gasteiger partial charge in [-0.3, -0.25) is 4.90 Å². The van der Waals surface area contributed by atoms with Gasteiger partial charge in [-0.25, -0.2) is 0 Å². The van der Waals surface area contributed by atoms with Gasteiger partial charge in [-0.05, 0) is 57.7 Å². The monoisotopic (exact) mass is 250 g/mol. The summed E-state index contributed by atoms with van der Waals surface area (Å²) in [5.41, 5.74) is 6.16. The molecule has 2 rings (SSSR count). The van der Waals surface area contributed by atoms with Crippen molar-refractivity contribution in [1.29, 1.82) is 0 Å². The molecule has 1 heterocycles. The predicted octanol–water partition coefficient (Wildman–Crippen LogP) is 3.18. The van der Waals surface area contributed by atoms with Crippen LogP contribution < -0.4 is 5.73 Å². The van der Waals surface area contributed by atoms with Gasteiger partial charge in [0.15, 0.2) is 0 Å². The minimum absolute atomic E-state index is 0.0838. The third kappa shape index (κ3) is 2.96. The van der Waals surface area contributed by atoms with Gasteiger partial charge in [-0.2, -0.15) is 0 Å². The molecule has 0 spiro atoms. The topological polar surface area (TPSA) is 42.4 Å². The molecule has 0 radical (unpaired) electrons. The van der Waals surface area contributed by atoms with Crippen LogP contribution in [0.2, 0.25) is 0 Å². The highest BCUT2D eigenvalue weighted by Gasteiger charge is 2.30. The molecule has 2 N–H and O–H groups in total. The van der Waals surface area contributed by atoms with E-state index in [-0.39, 0.29) is 12.1 Å². The largest absolute Gasteiger partial charge is 0.468 e. The minimum Gasteiger partial charge on any atom is -0.468 e. The summed E-state index contributed by atoms with van der Waals surface area (Å²) >= 11 is 0.